The van der Waals surface area contributed by atoms with Crippen LogP contribution in [0.2, 0.25) is 0 Å². The maximum atomic E-state index is 12.2. The molecular formula is C16H23N3O3. The zero-order valence-electron chi connectivity index (χ0n) is 12.8. The lowest BCUT2D eigenvalue weighted by Crippen LogP contribution is -2.46. The topological polar surface area (TPSA) is 84.7 Å². The second-order valence-corrected chi connectivity index (χ2v) is 5.56. The predicted molar refractivity (Wildman–Crippen MR) is 83.0 cm³/mol. The summed E-state index contributed by atoms with van der Waals surface area (Å²) in [7, 11) is 0. The van der Waals surface area contributed by atoms with E-state index in [0.29, 0.717) is 13.1 Å². The zero-order valence-corrected chi connectivity index (χ0v) is 12.8. The smallest absolute Gasteiger partial charge is 0.410 e. The van der Waals surface area contributed by atoms with Crippen molar-refractivity contribution in [1.29, 1.82) is 0 Å². The van der Waals surface area contributed by atoms with Crippen LogP contribution in [0.15, 0.2) is 30.3 Å². The van der Waals surface area contributed by atoms with E-state index in [9.17, 15) is 9.59 Å². The average Bonchev–Trinajstić information content (AvgIpc) is 2.99. The Bertz CT molecular complexity index is 505. The summed E-state index contributed by atoms with van der Waals surface area (Å²) in [4.78, 5) is 25.4. The quantitative estimate of drug-likeness (QED) is 0.857. The summed E-state index contributed by atoms with van der Waals surface area (Å²) in [5, 5.41) is 2.77. The number of benzene rings is 1. The highest BCUT2D eigenvalue weighted by Gasteiger charge is 2.30. The molecule has 0 bridgehead atoms. The molecule has 22 heavy (non-hydrogen) atoms. The molecule has 1 aromatic carbocycles. The summed E-state index contributed by atoms with van der Waals surface area (Å²) < 4.78 is 5.35. The van der Waals surface area contributed by atoms with Crippen LogP contribution in [0.1, 0.15) is 25.3 Å². The molecular weight excluding hydrogens is 282 g/mol. The summed E-state index contributed by atoms with van der Waals surface area (Å²) in [5.41, 5.74) is 6.47. The summed E-state index contributed by atoms with van der Waals surface area (Å²) in [6, 6.07) is 9.00. The van der Waals surface area contributed by atoms with Crippen LogP contribution in [-0.2, 0) is 16.1 Å². The van der Waals surface area contributed by atoms with Crippen molar-refractivity contribution >= 4 is 12.0 Å². The standard InChI is InChI=1S/C16H23N3O3/c1-12(17)15(20)18-10-14-8-5-9-19(14)16(21)22-11-13-6-3-2-4-7-13/h2-4,6-7,12,14H,5,8-11,17H2,1H3,(H,18,20). The number of hydrogen-bond acceptors (Lipinski definition) is 4. The SMILES string of the molecule is CC(N)C(=O)NCC1CCCN1C(=O)OCc1ccccc1. The molecule has 2 rings (SSSR count). The van der Waals surface area contributed by atoms with E-state index in [1.165, 1.54) is 0 Å². The second-order valence-electron chi connectivity index (χ2n) is 5.56. The zero-order chi connectivity index (χ0) is 15.9. The molecule has 1 aliphatic rings. The first kappa shape index (κ1) is 16.3. The number of carbonyl (C=O) groups excluding carboxylic acids is 2. The van der Waals surface area contributed by atoms with Gasteiger partial charge in [-0.05, 0) is 25.3 Å². The molecule has 2 unspecified atom stereocenters. The third kappa shape index (κ3) is 4.46. The molecule has 1 heterocycles. The van der Waals surface area contributed by atoms with Crippen molar-refractivity contribution in [2.24, 2.45) is 5.73 Å². The van der Waals surface area contributed by atoms with Gasteiger partial charge in [0.05, 0.1) is 12.1 Å². The number of ether oxygens (including phenoxy) is 1. The molecule has 0 spiro atoms. The van der Waals surface area contributed by atoms with Gasteiger partial charge in [0.1, 0.15) is 6.61 Å². The first-order valence-electron chi connectivity index (χ1n) is 7.58. The van der Waals surface area contributed by atoms with E-state index < -0.39 is 6.04 Å². The van der Waals surface area contributed by atoms with E-state index in [2.05, 4.69) is 5.32 Å². The lowest BCUT2D eigenvalue weighted by atomic mass is 10.2. The van der Waals surface area contributed by atoms with Crippen molar-refractivity contribution in [1.82, 2.24) is 10.2 Å². The first-order valence-corrected chi connectivity index (χ1v) is 7.58. The van der Waals surface area contributed by atoms with Gasteiger partial charge in [0.2, 0.25) is 5.91 Å². The van der Waals surface area contributed by atoms with Gasteiger partial charge in [-0.1, -0.05) is 30.3 Å². The largest absolute Gasteiger partial charge is 0.445 e. The highest BCUT2D eigenvalue weighted by atomic mass is 16.6. The van der Waals surface area contributed by atoms with Crippen LogP contribution in [0.5, 0.6) is 0 Å². The highest BCUT2D eigenvalue weighted by Crippen LogP contribution is 2.18. The molecule has 1 fully saturated rings. The lowest BCUT2D eigenvalue weighted by molar-refractivity contribution is -0.122. The van der Waals surface area contributed by atoms with E-state index in [0.717, 1.165) is 18.4 Å². The van der Waals surface area contributed by atoms with Crippen molar-refractivity contribution in [2.45, 2.75) is 38.5 Å². The number of carbonyl (C=O) groups is 2. The Kier molecular flexibility index (Phi) is 5.77. The minimum atomic E-state index is -0.542. The number of nitrogens with two attached hydrogens (primary N) is 1. The van der Waals surface area contributed by atoms with Crippen LogP contribution in [0.4, 0.5) is 4.79 Å². The van der Waals surface area contributed by atoms with E-state index in [-0.39, 0.29) is 24.6 Å². The molecule has 1 aromatic rings. The number of rotatable bonds is 5. The molecule has 2 amide bonds. The predicted octanol–water partition coefficient (Wildman–Crippen LogP) is 1.25. The van der Waals surface area contributed by atoms with Crippen molar-refractivity contribution < 1.29 is 14.3 Å². The Morgan fingerprint density at radius 3 is 2.82 bits per heavy atom. The van der Waals surface area contributed by atoms with Gasteiger partial charge >= 0.3 is 6.09 Å². The van der Waals surface area contributed by atoms with Crippen molar-refractivity contribution in [3.8, 4) is 0 Å². The van der Waals surface area contributed by atoms with Crippen molar-refractivity contribution in [2.75, 3.05) is 13.1 Å². The van der Waals surface area contributed by atoms with E-state index in [4.69, 9.17) is 10.5 Å². The molecule has 6 heteroatoms. The Morgan fingerprint density at radius 2 is 2.14 bits per heavy atom. The van der Waals surface area contributed by atoms with Gasteiger partial charge in [0.25, 0.3) is 0 Å². The van der Waals surface area contributed by atoms with E-state index in [1.807, 2.05) is 30.3 Å². The molecule has 1 aliphatic heterocycles. The second kappa shape index (κ2) is 7.79. The van der Waals surface area contributed by atoms with Crippen LogP contribution >= 0.6 is 0 Å². The first-order chi connectivity index (χ1) is 10.6. The third-order valence-electron chi connectivity index (χ3n) is 3.74. The number of amides is 2. The molecule has 1 saturated heterocycles. The van der Waals surface area contributed by atoms with Gasteiger partial charge in [0, 0.05) is 13.1 Å². The van der Waals surface area contributed by atoms with Crippen LogP contribution in [0.3, 0.4) is 0 Å². The van der Waals surface area contributed by atoms with Crippen LogP contribution in [0.25, 0.3) is 0 Å². The Balaban J connectivity index is 1.81. The average molecular weight is 305 g/mol. The van der Waals surface area contributed by atoms with E-state index >= 15 is 0 Å². The molecule has 2 atom stereocenters. The Labute approximate surface area is 130 Å². The summed E-state index contributed by atoms with van der Waals surface area (Å²) in [6.07, 6.45) is 1.44. The molecule has 0 aromatic heterocycles. The van der Waals surface area contributed by atoms with Gasteiger partial charge in [-0.25, -0.2) is 4.79 Å². The summed E-state index contributed by atoms with van der Waals surface area (Å²) in [5.74, 6) is -0.204. The minimum Gasteiger partial charge on any atom is -0.445 e. The Morgan fingerprint density at radius 1 is 1.41 bits per heavy atom. The van der Waals surface area contributed by atoms with Gasteiger partial charge in [-0.15, -0.1) is 0 Å². The fraction of sp³-hybridized carbons (Fsp3) is 0.500. The van der Waals surface area contributed by atoms with Crippen LogP contribution in [-0.4, -0.2) is 42.1 Å². The van der Waals surface area contributed by atoms with E-state index in [1.54, 1.807) is 11.8 Å². The minimum absolute atomic E-state index is 0.0222. The Hall–Kier alpha value is -2.08. The third-order valence-corrected chi connectivity index (χ3v) is 3.74. The maximum absolute atomic E-state index is 12.2. The van der Waals surface area contributed by atoms with Gasteiger partial charge < -0.3 is 20.7 Å². The molecule has 3 N–H and O–H groups in total. The van der Waals surface area contributed by atoms with Crippen molar-refractivity contribution in [3.05, 3.63) is 35.9 Å². The summed E-state index contributed by atoms with van der Waals surface area (Å²) in [6.45, 7) is 2.97. The molecule has 0 radical (unpaired) electrons. The number of likely N-dealkylation sites (tertiary alicyclic amines) is 1. The fourth-order valence-electron chi connectivity index (χ4n) is 2.47. The monoisotopic (exact) mass is 305 g/mol. The van der Waals surface area contributed by atoms with Crippen LogP contribution < -0.4 is 11.1 Å². The van der Waals surface area contributed by atoms with Gasteiger partial charge in [-0.2, -0.15) is 0 Å². The fourth-order valence-corrected chi connectivity index (χ4v) is 2.47. The number of nitrogens with one attached hydrogen (secondary N) is 1. The lowest BCUT2D eigenvalue weighted by Gasteiger charge is -2.24. The summed E-state index contributed by atoms with van der Waals surface area (Å²) >= 11 is 0. The number of nitrogens with zero attached hydrogens (tertiary/aromatic N) is 1. The normalized spacial score (nSPS) is 18.8. The van der Waals surface area contributed by atoms with Gasteiger partial charge in [-0.3, -0.25) is 4.79 Å². The van der Waals surface area contributed by atoms with Crippen LogP contribution in [0, 0.1) is 0 Å². The van der Waals surface area contributed by atoms with Gasteiger partial charge in [0.15, 0.2) is 0 Å². The molecule has 6 nitrogen and oxygen atoms in total. The van der Waals surface area contributed by atoms with Crippen molar-refractivity contribution in [3.63, 3.8) is 0 Å². The maximum Gasteiger partial charge on any atom is 0.410 e. The molecule has 120 valence electrons. The highest BCUT2D eigenvalue weighted by molar-refractivity contribution is 5.81. The molecule has 0 saturated carbocycles. The molecule has 0 aliphatic carbocycles. The number of hydrogen-bond donors (Lipinski definition) is 2.